The standard InChI is InChI=1S/C16H25FN2O/c1-3-18-16(14-6-4-5-7-15(14)17)11-19-9-8-13(10-19)12-20-2/h4-7,13,16,18H,3,8-12H2,1-2H3. The number of nitrogens with one attached hydrogen (secondary N) is 1. The lowest BCUT2D eigenvalue weighted by molar-refractivity contribution is 0.152. The van der Waals surface area contributed by atoms with Gasteiger partial charge in [0.05, 0.1) is 6.61 Å². The second kappa shape index (κ2) is 7.72. The molecule has 1 N–H and O–H groups in total. The van der Waals surface area contributed by atoms with Crippen LogP contribution in [0.25, 0.3) is 0 Å². The maximum absolute atomic E-state index is 14.0. The fourth-order valence-corrected chi connectivity index (χ4v) is 2.99. The van der Waals surface area contributed by atoms with E-state index in [-0.39, 0.29) is 11.9 Å². The molecule has 1 aromatic carbocycles. The predicted molar refractivity (Wildman–Crippen MR) is 79.2 cm³/mol. The van der Waals surface area contributed by atoms with Crippen molar-refractivity contribution in [3.8, 4) is 0 Å². The summed E-state index contributed by atoms with van der Waals surface area (Å²) in [6.07, 6.45) is 1.17. The molecule has 2 unspecified atom stereocenters. The zero-order valence-corrected chi connectivity index (χ0v) is 12.4. The van der Waals surface area contributed by atoms with Gasteiger partial charge in [0.1, 0.15) is 5.82 Å². The topological polar surface area (TPSA) is 24.5 Å². The predicted octanol–water partition coefficient (Wildman–Crippen LogP) is 2.44. The van der Waals surface area contributed by atoms with Crippen LogP contribution in [0.2, 0.25) is 0 Å². The number of rotatable bonds is 7. The Bertz CT molecular complexity index is 413. The quantitative estimate of drug-likeness (QED) is 0.830. The molecule has 1 heterocycles. The number of hydrogen-bond acceptors (Lipinski definition) is 3. The molecule has 4 heteroatoms. The molecule has 3 nitrogen and oxygen atoms in total. The highest BCUT2D eigenvalue weighted by atomic mass is 19.1. The molecule has 0 radical (unpaired) electrons. The number of nitrogens with zero attached hydrogens (tertiary/aromatic N) is 1. The van der Waals surface area contributed by atoms with Gasteiger partial charge in [-0.25, -0.2) is 4.39 Å². The van der Waals surface area contributed by atoms with Crippen LogP contribution < -0.4 is 5.32 Å². The van der Waals surface area contributed by atoms with Crippen LogP contribution in [0.5, 0.6) is 0 Å². The Hall–Kier alpha value is -0.970. The molecule has 0 bridgehead atoms. The number of likely N-dealkylation sites (tertiary alicyclic amines) is 1. The Morgan fingerprint density at radius 2 is 2.25 bits per heavy atom. The van der Waals surface area contributed by atoms with Crippen LogP contribution in [0.1, 0.15) is 24.9 Å². The van der Waals surface area contributed by atoms with Crippen molar-refractivity contribution in [1.29, 1.82) is 0 Å². The van der Waals surface area contributed by atoms with E-state index < -0.39 is 0 Å². The molecule has 112 valence electrons. The molecule has 1 saturated heterocycles. The van der Waals surface area contributed by atoms with Crippen LogP contribution in [-0.2, 0) is 4.74 Å². The zero-order chi connectivity index (χ0) is 14.4. The smallest absolute Gasteiger partial charge is 0.128 e. The van der Waals surface area contributed by atoms with Crippen LogP contribution in [0, 0.1) is 11.7 Å². The maximum atomic E-state index is 14.0. The van der Waals surface area contributed by atoms with E-state index in [2.05, 4.69) is 17.1 Å². The van der Waals surface area contributed by atoms with Gasteiger partial charge in [0.2, 0.25) is 0 Å². The molecular weight excluding hydrogens is 255 g/mol. The van der Waals surface area contributed by atoms with Gasteiger partial charge in [-0.15, -0.1) is 0 Å². The molecule has 1 aliphatic heterocycles. The second-order valence-electron chi connectivity index (χ2n) is 5.50. The Kier molecular flexibility index (Phi) is 5.95. The van der Waals surface area contributed by atoms with Gasteiger partial charge in [-0.2, -0.15) is 0 Å². The van der Waals surface area contributed by atoms with Crippen LogP contribution in [0.4, 0.5) is 4.39 Å². The lowest BCUT2D eigenvalue weighted by Gasteiger charge is -2.25. The van der Waals surface area contributed by atoms with Crippen molar-refractivity contribution in [3.63, 3.8) is 0 Å². The molecule has 0 spiro atoms. The summed E-state index contributed by atoms with van der Waals surface area (Å²) < 4.78 is 19.2. The third-order valence-electron chi connectivity index (χ3n) is 3.94. The first-order valence-electron chi connectivity index (χ1n) is 7.43. The van der Waals surface area contributed by atoms with Gasteiger partial charge in [-0.3, -0.25) is 0 Å². The van der Waals surface area contributed by atoms with Crippen molar-refractivity contribution in [2.45, 2.75) is 19.4 Å². The van der Waals surface area contributed by atoms with Crippen molar-refractivity contribution >= 4 is 0 Å². The SMILES string of the molecule is CCNC(CN1CCC(COC)C1)c1ccccc1F. The summed E-state index contributed by atoms with van der Waals surface area (Å²) in [6, 6.07) is 7.12. The molecule has 0 amide bonds. The summed E-state index contributed by atoms with van der Waals surface area (Å²) >= 11 is 0. The summed E-state index contributed by atoms with van der Waals surface area (Å²) in [4.78, 5) is 2.41. The highest BCUT2D eigenvalue weighted by Gasteiger charge is 2.25. The number of benzene rings is 1. The maximum Gasteiger partial charge on any atom is 0.128 e. The minimum absolute atomic E-state index is 0.0579. The van der Waals surface area contributed by atoms with Gasteiger partial charge in [-0.1, -0.05) is 25.1 Å². The average molecular weight is 280 g/mol. The number of ether oxygens (including phenoxy) is 1. The molecule has 0 saturated carbocycles. The van der Waals surface area contributed by atoms with Gasteiger partial charge in [-0.05, 0) is 31.5 Å². The van der Waals surface area contributed by atoms with Crippen molar-refractivity contribution in [1.82, 2.24) is 10.2 Å². The first-order chi connectivity index (χ1) is 9.74. The summed E-state index contributed by atoms with van der Waals surface area (Å²) in [7, 11) is 1.75. The van der Waals surface area contributed by atoms with Crippen molar-refractivity contribution in [3.05, 3.63) is 35.6 Å². The Morgan fingerprint density at radius 3 is 2.95 bits per heavy atom. The Morgan fingerprint density at radius 1 is 1.45 bits per heavy atom. The molecule has 2 atom stereocenters. The van der Waals surface area contributed by atoms with Crippen LogP contribution in [0.15, 0.2) is 24.3 Å². The van der Waals surface area contributed by atoms with Crippen LogP contribution >= 0.6 is 0 Å². The first kappa shape index (κ1) is 15.4. The second-order valence-corrected chi connectivity index (χ2v) is 5.50. The zero-order valence-electron chi connectivity index (χ0n) is 12.4. The number of hydrogen-bond donors (Lipinski definition) is 1. The average Bonchev–Trinajstić information content (AvgIpc) is 2.87. The van der Waals surface area contributed by atoms with E-state index in [1.807, 2.05) is 12.1 Å². The summed E-state index contributed by atoms with van der Waals surface area (Å²) in [6.45, 7) is 6.70. The largest absolute Gasteiger partial charge is 0.384 e. The fraction of sp³-hybridized carbons (Fsp3) is 0.625. The minimum atomic E-state index is -0.119. The van der Waals surface area contributed by atoms with Crippen molar-refractivity contribution < 1.29 is 9.13 Å². The highest BCUT2D eigenvalue weighted by Crippen LogP contribution is 2.22. The summed E-state index contributed by atoms with van der Waals surface area (Å²) in [5.41, 5.74) is 0.768. The van der Waals surface area contributed by atoms with Crippen LogP contribution in [-0.4, -0.2) is 44.8 Å². The van der Waals surface area contributed by atoms with Gasteiger partial charge in [0.25, 0.3) is 0 Å². The van der Waals surface area contributed by atoms with Crippen molar-refractivity contribution in [2.24, 2.45) is 5.92 Å². The van der Waals surface area contributed by atoms with Crippen molar-refractivity contribution in [2.75, 3.05) is 39.9 Å². The molecule has 0 aliphatic carbocycles. The van der Waals surface area contributed by atoms with E-state index in [1.165, 1.54) is 12.5 Å². The lowest BCUT2D eigenvalue weighted by Crippen LogP contribution is -2.34. The third kappa shape index (κ3) is 4.01. The molecule has 20 heavy (non-hydrogen) atoms. The van der Waals surface area contributed by atoms with Crippen LogP contribution in [0.3, 0.4) is 0 Å². The molecule has 1 fully saturated rings. The molecule has 1 aliphatic rings. The number of halogens is 1. The molecule has 0 aromatic heterocycles. The van der Waals surface area contributed by atoms with E-state index in [0.29, 0.717) is 5.92 Å². The van der Waals surface area contributed by atoms with E-state index in [1.54, 1.807) is 13.2 Å². The monoisotopic (exact) mass is 280 g/mol. The van der Waals surface area contributed by atoms with E-state index >= 15 is 0 Å². The lowest BCUT2D eigenvalue weighted by atomic mass is 10.1. The van der Waals surface area contributed by atoms with E-state index in [0.717, 1.165) is 38.3 Å². The van der Waals surface area contributed by atoms with Gasteiger partial charge >= 0.3 is 0 Å². The number of likely N-dealkylation sites (N-methyl/N-ethyl adjacent to an activating group) is 1. The normalized spacial score (nSPS) is 21.2. The molecular formula is C16H25FN2O. The highest BCUT2D eigenvalue weighted by molar-refractivity contribution is 5.21. The van der Waals surface area contributed by atoms with E-state index in [9.17, 15) is 4.39 Å². The molecule has 1 aromatic rings. The summed E-state index contributed by atoms with van der Waals surface area (Å²) in [5.74, 6) is 0.494. The third-order valence-corrected chi connectivity index (χ3v) is 3.94. The fourth-order valence-electron chi connectivity index (χ4n) is 2.99. The Labute approximate surface area is 121 Å². The Balaban J connectivity index is 1.98. The van der Waals surface area contributed by atoms with Gasteiger partial charge in [0, 0.05) is 31.8 Å². The minimum Gasteiger partial charge on any atom is -0.384 e. The van der Waals surface area contributed by atoms with Gasteiger partial charge < -0.3 is 15.0 Å². The van der Waals surface area contributed by atoms with Gasteiger partial charge in [0.15, 0.2) is 0 Å². The summed E-state index contributed by atoms with van der Waals surface area (Å²) in [5, 5.41) is 3.40. The number of methoxy groups -OCH3 is 1. The van der Waals surface area contributed by atoms with E-state index in [4.69, 9.17) is 4.74 Å². The molecule has 2 rings (SSSR count). The first-order valence-corrected chi connectivity index (χ1v) is 7.43.